The molecule has 2 aromatic rings. The molecule has 0 radical (unpaired) electrons. The zero-order chi connectivity index (χ0) is 20.4. The Kier molecular flexibility index (Phi) is 5.73. The zero-order valence-electron chi connectivity index (χ0n) is 16.5. The van der Waals surface area contributed by atoms with Crippen LogP contribution in [0.4, 0.5) is 5.69 Å². The number of benzene rings is 1. The van der Waals surface area contributed by atoms with Gasteiger partial charge in [0.15, 0.2) is 0 Å². The van der Waals surface area contributed by atoms with Gasteiger partial charge in [-0.1, -0.05) is 6.07 Å². The van der Waals surface area contributed by atoms with Crippen LogP contribution in [0, 0.1) is 0 Å². The largest absolute Gasteiger partial charge is 0.379 e. The highest BCUT2D eigenvalue weighted by Crippen LogP contribution is 2.25. The maximum Gasteiger partial charge on any atom is 0.243 e. The van der Waals surface area contributed by atoms with Crippen molar-refractivity contribution in [2.45, 2.75) is 24.4 Å². The Bertz CT molecular complexity index is 982. The molecule has 0 unspecified atom stereocenters. The molecular formula is C20H26N4O4S. The number of rotatable bonds is 5. The number of sulfonamides is 1. The lowest BCUT2D eigenvalue weighted by atomic mass is 10.1. The molecule has 1 saturated heterocycles. The van der Waals surface area contributed by atoms with Gasteiger partial charge in [-0.2, -0.15) is 4.31 Å². The second kappa shape index (κ2) is 8.27. The summed E-state index contributed by atoms with van der Waals surface area (Å²) in [5.74, 6) is -0.155. The van der Waals surface area contributed by atoms with Gasteiger partial charge < -0.3 is 14.6 Å². The fourth-order valence-electron chi connectivity index (χ4n) is 3.90. The molecule has 4 rings (SSSR count). The van der Waals surface area contributed by atoms with E-state index in [9.17, 15) is 13.2 Å². The lowest BCUT2D eigenvalue weighted by Gasteiger charge is -2.34. The zero-order valence-corrected chi connectivity index (χ0v) is 17.3. The smallest absolute Gasteiger partial charge is 0.243 e. The summed E-state index contributed by atoms with van der Waals surface area (Å²) in [5.41, 5.74) is 1.68. The van der Waals surface area contributed by atoms with Crippen molar-refractivity contribution in [3.63, 3.8) is 0 Å². The first-order valence-electron chi connectivity index (χ1n) is 9.82. The molecule has 0 saturated carbocycles. The van der Waals surface area contributed by atoms with Gasteiger partial charge >= 0.3 is 0 Å². The molecule has 0 spiro atoms. The normalized spacial score (nSPS) is 20.9. The number of nitrogens with zero attached hydrogens (tertiary/aromatic N) is 3. The third-order valence-corrected chi connectivity index (χ3v) is 7.44. The Morgan fingerprint density at radius 1 is 1.14 bits per heavy atom. The number of carbonyl (C=O) groups is 1. The molecule has 0 aliphatic carbocycles. The third-order valence-electron chi connectivity index (χ3n) is 5.54. The number of ether oxygens (including phenoxy) is 1. The van der Waals surface area contributed by atoms with Crippen LogP contribution in [0.3, 0.4) is 0 Å². The molecule has 0 bridgehead atoms. The number of carbonyl (C=O) groups excluding carboxylic acids is 1. The van der Waals surface area contributed by atoms with E-state index in [1.165, 1.54) is 16.1 Å². The molecule has 9 heteroatoms. The highest BCUT2D eigenvalue weighted by atomic mass is 32.2. The molecular weight excluding hydrogens is 392 g/mol. The highest BCUT2D eigenvalue weighted by molar-refractivity contribution is 7.89. The van der Waals surface area contributed by atoms with Crippen molar-refractivity contribution >= 4 is 21.6 Å². The van der Waals surface area contributed by atoms with Gasteiger partial charge in [0.2, 0.25) is 15.9 Å². The Balaban J connectivity index is 1.42. The molecule has 1 amide bonds. The highest BCUT2D eigenvalue weighted by Gasteiger charge is 2.27. The van der Waals surface area contributed by atoms with Crippen LogP contribution in [0.15, 0.2) is 47.5 Å². The van der Waals surface area contributed by atoms with Gasteiger partial charge in [0.25, 0.3) is 0 Å². The first kappa shape index (κ1) is 20.1. The first-order chi connectivity index (χ1) is 13.9. The number of morpholine rings is 1. The molecule has 3 heterocycles. The van der Waals surface area contributed by atoms with Crippen LogP contribution in [-0.4, -0.2) is 67.5 Å². The summed E-state index contributed by atoms with van der Waals surface area (Å²) in [6.45, 7) is 5.47. The summed E-state index contributed by atoms with van der Waals surface area (Å²) in [6.07, 6.45) is 2.06. The standard InChI is InChI=1S/C20H26N4O4S/c1-16-19-6-3-7-22(19)8-9-23(16)15-20(25)21-17-4-2-5-18(14-17)29(26,27)24-10-12-28-13-11-24/h2-7,14,16H,8-13,15H2,1H3,(H,21,25)/t16-/m1/s1. The Morgan fingerprint density at radius 2 is 1.93 bits per heavy atom. The number of hydrogen-bond donors (Lipinski definition) is 1. The molecule has 2 aliphatic rings. The van der Waals surface area contributed by atoms with Gasteiger partial charge in [-0.3, -0.25) is 9.69 Å². The fourth-order valence-corrected chi connectivity index (χ4v) is 5.35. The minimum absolute atomic E-state index is 0.150. The summed E-state index contributed by atoms with van der Waals surface area (Å²) >= 11 is 0. The van der Waals surface area contributed by atoms with E-state index in [-0.39, 0.29) is 23.4 Å². The summed E-state index contributed by atoms with van der Waals surface area (Å²) in [6, 6.07) is 10.7. The molecule has 2 aliphatic heterocycles. The topological polar surface area (TPSA) is 83.9 Å². The van der Waals surface area contributed by atoms with Crippen LogP contribution in [0.1, 0.15) is 18.7 Å². The maximum atomic E-state index is 12.8. The van der Waals surface area contributed by atoms with Crippen molar-refractivity contribution in [1.82, 2.24) is 13.8 Å². The van der Waals surface area contributed by atoms with Crippen molar-refractivity contribution in [3.8, 4) is 0 Å². The molecule has 1 atom stereocenters. The second-order valence-corrected chi connectivity index (χ2v) is 9.30. The van der Waals surface area contributed by atoms with E-state index in [1.54, 1.807) is 18.2 Å². The summed E-state index contributed by atoms with van der Waals surface area (Å²) in [5, 5.41) is 2.85. The van der Waals surface area contributed by atoms with Gasteiger partial charge in [0.05, 0.1) is 24.7 Å². The Labute approximate surface area is 171 Å². The quantitative estimate of drug-likeness (QED) is 0.796. The first-order valence-corrected chi connectivity index (χ1v) is 11.3. The van der Waals surface area contributed by atoms with Gasteiger partial charge in [0.1, 0.15) is 0 Å². The lowest BCUT2D eigenvalue weighted by molar-refractivity contribution is -0.118. The predicted octanol–water partition coefficient (Wildman–Crippen LogP) is 1.52. The molecule has 1 N–H and O–H groups in total. The number of amides is 1. The van der Waals surface area contributed by atoms with Crippen LogP contribution in [0.5, 0.6) is 0 Å². The van der Waals surface area contributed by atoms with E-state index in [1.807, 2.05) is 6.07 Å². The second-order valence-electron chi connectivity index (χ2n) is 7.37. The molecule has 8 nitrogen and oxygen atoms in total. The van der Waals surface area contributed by atoms with E-state index < -0.39 is 10.0 Å². The number of fused-ring (bicyclic) bond motifs is 1. The Morgan fingerprint density at radius 3 is 2.72 bits per heavy atom. The fraction of sp³-hybridized carbons (Fsp3) is 0.450. The molecule has 29 heavy (non-hydrogen) atoms. The Hall–Kier alpha value is -2.20. The van der Waals surface area contributed by atoms with Crippen molar-refractivity contribution in [1.29, 1.82) is 0 Å². The molecule has 156 valence electrons. The number of nitrogens with one attached hydrogen (secondary N) is 1. The monoisotopic (exact) mass is 418 g/mol. The van der Waals surface area contributed by atoms with Crippen LogP contribution >= 0.6 is 0 Å². The average Bonchev–Trinajstić information content (AvgIpc) is 3.21. The SMILES string of the molecule is C[C@@H]1c2cccn2CCN1CC(=O)Nc1cccc(S(=O)(=O)N2CCOCC2)c1. The number of anilines is 1. The van der Waals surface area contributed by atoms with E-state index in [2.05, 4.69) is 34.0 Å². The van der Waals surface area contributed by atoms with Crippen LogP contribution in [-0.2, 0) is 26.1 Å². The van der Waals surface area contributed by atoms with Crippen LogP contribution in [0.2, 0.25) is 0 Å². The van der Waals surface area contributed by atoms with Gasteiger partial charge in [-0.15, -0.1) is 0 Å². The minimum Gasteiger partial charge on any atom is -0.379 e. The van der Waals surface area contributed by atoms with Crippen LogP contribution in [0.25, 0.3) is 0 Å². The number of aromatic nitrogens is 1. The maximum absolute atomic E-state index is 12.8. The molecule has 1 fully saturated rings. The van der Waals surface area contributed by atoms with Crippen molar-refractivity contribution < 1.29 is 17.9 Å². The predicted molar refractivity (Wildman–Crippen MR) is 109 cm³/mol. The van der Waals surface area contributed by atoms with E-state index in [0.29, 0.717) is 32.0 Å². The third kappa shape index (κ3) is 4.23. The molecule has 1 aromatic heterocycles. The van der Waals surface area contributed by atoms with E-state index in [0.717, 1.165) is 13.1 Å². The molecule has 1 aromatic carbocycles. The van der Waals surface area contributed by atoms with Crippen molar-refractivity contribution in [3.05, 3.63) is 48.3 Å². The summed E-state index contributed by atoms with van der Waals surface area (Å²) in [4.78, 5) is 14.9. The number of hydrogen-bond acceptors (Lipinski definition) is 5. The summed E-state index contributed by atoms with van der Waals surface area (Å²) < 4.78 is 34.5. The van der Waals surface area contributed by atoms with Gasteiger partial charge in [-0.25, -0.2) is 8.42 Å². The van der Waals surface area contributed by atoms with Crippen molar-refractivity contribution in [2.75, 3.05) is 44.7 Å². The van der Waals surface area contributed by atoms with E-state index >= 15 is 0 Å². The summed E-state index contributed by atoms with van der Waals surface area (Å²) in [7, 11) is -3.59. The average molecular weight is 419 g/mol. The van der Waals surface area contributed by atoms with E-state index in [4.69, 9.17) is 4.74 Å². The van der Waals surface area contributed by atoms with Crippen LogP contribution < -0.4 is 5.32 Å². The lowest BCUT2D eigenvalue weighted by Crippen LogP contribution is -2.41. The van der Waals surface area contributed by atoms with Gasteiger partial charge in [0, 0.05) is 49.8 Å². The van der Waals surface area contributed by atoms with Gasteiger partial charge in [-0.05, 0) is 37.3 Å². The minimum atomic E-state index is -3.59. The van der Waals surface area contributed by atoms with Crippen molar-refractivity contribution in [2.24, 2.45) is 0 Å².